The van der Waals surface area contributed by atoms with Gasteiger partial charge in [-0.1, -0.05) is 35.9 Å². The van der Waals surface area contributed by atoms with Gasteiger partial charge in [0, 0.05) is 6.42 Å². The highest BCUT2D eigenvalue weighted by molar-refractivity contribution is 8.27. The Labute approximate surface area is 217 Å². The van der Waals surface area contributed by atoms with Crippen LogP contribution in [-0.2, 0) is 4.79 Å². The average molecular weight is 517 g/mol. The van der Waals surface area contributed by atoms with Gasteiger partial charge in [0.15, 0.2) is 5.84 Å². The number of thioether (sulfide) groups is 1. The maximum atomic E-state index is 12.6. The molecule has 5 rings (SSSR count). The molecule has 1 aromatic heterocycles. The third-order valence-electron chi connectivity index (χ3n) is 5.52. The van der Waals surface area contributed by atoms with Gasteiger partial charge >= 0.3 is 0 Å². The third kappa shape index (κ3) is 5.27. The first-order valence-electron chi connectivity index (χ1n) is 11.4. The number of hydrogen-bond donors (Lipinski definition) is 1. The Balaban J connectivity index is 1.16. The highest BCUT2D eigenvalue weighted by Crippen LogP contribution is 2.32. The summed E-state index contributed by atoms with van der Waals surface area (Å²) in [7, 11) is 0. The maximum absolute atomic E-state index is 12.6. The third-order valence-corrected chi connectivity index (χ3v) is 7.47. The smallest absolute Gasteiger partial charge is 0.283 e. The molecule has 0 unspecified atom stereocenters. The van der Waals surface area contributed by atoms with Crippen molar-refractivity contribution in [1.82, 2.24) is 5.01 Å². The molecule has 1 amide bonds. The topological polar surface area (TPSA) is 87.3 Å². The molecule has 3 heterocycles. The predicted molar refractivity (Wildman–Crippen MR) is 146 cm³/mol. The van der Waals surface area contributed by atoms with E-state index in [1.807, 2.05) is 60.8 Å². The van der Waals surface area contributed by atoms with Crippen molar-refractivity contribution >= 4 is 51.1 Å². The van der Waals surface area contributed by atoms with Gasteiger partial charge in [0.2, 0.25) is 5.17 Å². The van der Waals surface area contributed by atoms with Gasteiger partial charge in [-0.05, 0) is 72.5 Å². The Morgan fingerprint density at radius 1 is 1.06 bits per heavy atom. The Hall–Kier alpha value is -3.69. The highest BCUT2D eigenvalue weighted by atomic mass is 32.2. The number of aryl methyl sites for hydroxylation is 2. The van der Waals surface area contributed by atoms with Crippen LogP contribution < -0.4 is 9.47 Å². The van der Waals surface area contributed by atoms with Crippen LogP contribution in [0.25, 0.3) is 6.08 Å². The molecule has 36 heavy (non-hydrogen) atoms. The second kappa shape index (κ2) is 10.5. The van der Waals surface area contributed by atoms with Gasteiger partial charge in [-0.3, -0.25) is 10.2 Å². The number of hydrazone groups is 1. The molecule has 2 aliphatic rings. The van der Waals surface area contributed by atoms with Gasteiger partial charge in [0.25, 0.3) is 5.91 Å². The molecule has 0 saturated carbocycles. The fourth-order valence-electron chi connectivity index (χ4n) is 3.71. The zero-order chi connectivity index (χ0) is 25.1. The van der Waals surface area contributed by atoms with Crippen LogP contribution in [0.2, 0.25) is 0 Å². The van der Waals surface area contributed by atoms with Gasteiger partial charge in [0.1, 0.15) is 16.5 Å². The van der Waals surface area contributed by atoms with E-state index < -0.39 is 5.91 Å². The lowest BCUT2D eigenvalue weighted by Gasteiger charge is -2.20. The lowest BCUT2D eigenvalue weighted by atomic mass is 10.1. The molecule has 0 fully saturated rings. The van der Waals surface area contributed by atoms with E-state index in [-0.39, 0.29) is 11.4 Å². The lowest BCUT2D eigenvalue weighted by molar-refractivity contribution is -0.114. The number of benzene rings is 2. The number of fused-ring (bicyclic) bond motifs is 1. The Morgan fingerprint density at radius 3 is 2.61 bits per heavy atom. The number of carbonyl (C=O) groups is 1. The van der Waals surface area contributed by atoms with E-state index in [1.165, 1.54) is 22.3 Å². The van der Waals surface area contributed by atoms with Crippen molar-refractivity contribution in [2.75, 3.05) is 13.2 Å². The molecule has 0 atom stereocenters. The number of rotatable bonds is 8. The van der Waals surface area contributed by atoms with E-state index in [0.717, 1.165) is 39.0 Å². The van der Waals surface area contributed by atoms with Gasteiger partial charge < -0.3 is 9.47 Å². The molecule has 7 nitrogen and oxygen atoms in total. The number of amidine groups is 2. The highest BCUT2D eigenvalue weighted by Gasteiger charge is 2.36. The van der Waals surface area contributed by atoms with Crippen molar-refractivity contribution in [3.05, 3.63) is 87.1 Å². The SMILES string of the molecule is Cc1ccc(OCCCOc2ccc(/C=C3/C(=N)N4N=C(c5cccs5)SC4=NC3=O)cc2)c(C)c1. The second-order valence-electron chi connectivity index (χ2n) is 8.29. The molecule has 3 aromatic rings. The van der Waals surface area contributed by atoms with E-state index in [1.54, 1.807) is 17.4 Å². The molecule has 0 aliphatic carbocycles. The number of thiophene rings is 1. The minimum atomic E-state index is -0.439. The number of carbonyl (C=O) groups excluding carboxylic acids is 1. The quantitative estimate of drug-likeness (QED) is 0.298. The molecular formula is C27H24N4O3S2. The lowest BCUT2D eigenvalue weighted by Crippen LogP contribution is -2.35. The molecule has 0 saturated heterocycles. The van der Waals surface area contributed by atoms with Crippen molar-refractivity contribution in [1.29, 1.82) is 5.41 Å². The van der Waals surface area contributed by atoms with Crippen molar-refractivity contribution < 1.29 is 14.3 Å². The summed E-state index contributed by atoms with van der Waals surface area (Å²) in [6.45, 7) is 5.22. The van der Waals surface area contributed by atoms with E-state index in [9.17, 15) is 4.79 Å². The van der Waals surface area contributed by atoms with Crippen LogP contribution >= 0.6 is 23.1 Å². The van der Waals surface area contributed by atoms with Crippen molar-refractivity contribution in [2.45, 2.75) is 20.3 Å². The fourth-order valence-corrected chi connectivity index (χ4v) is 5.39. The summed E-state index contributed by atoms with van der Waals surface area (Å²) in [5, 5.41) is 17.6. The molecule has 0 radical (unpaired) electrons. The van der Waals surface area contributed by atoms with Crippen LogP contribution in [0.15, 0.2) is 75.6 Å². The maximum Gasteiger partial charge on any atom is 0.283 e. The first-order valence-corrected chi connectivity index (χ1v) is 13.1. The summed E-state index contributed by atoms with van der Waals surface area (Å²) in [5.41, 5.74) is 3.33. The van der Waals surface area contributed by atoms with Gasteiger partial charge in [-0.25, -0.2) is 0 Å². The minimum absolute atomic E-state index is 0.0215. The van der Waals surface area contributed by atoms with Gasteiger partial charge in [0.05, 0.1) is 23.7 Å². The Bertz CT molecular complexity index is 1390. The van der Waals surface area contributed by atoms with Crippen LogP contribution in [0.5, 0.6) is 11.5 Å². The molecule has 2 aliphatic heterocycles. The van der Waals surface area contributed by atoms with Crippen LogP contribution in [0.4, 0.5) is 0 Å². The van der Waals surface area contributed by atoms with Crippen LogP contribution in [0, 0.1) is 19.3 Å². The zero-order valence-electron chi connectivity index (χ0n) is 19.9. The molecule has 182 valence electrons. The largest absolute Gasteiger partial charge is 0.493 e. The summed E-state index contributed by atoms with van der Waals surface area (Å²) >= 11 is 2.86. The molecule has 0 spiro atoms. The molecule has 0 bridgehead atoms. The van der Waals surface area contributed by atoms with Crippen molar-refractivity contribution in [3.63, 3.8) is 0 Å². The summed E-state index contributed by atoms with van der Waals surface area (Å²) < 4.78 is 11.7. The van der Waals surface area contributed by atoms with Gasteiger partial charge in [-0.2, -0.15) is 15.1 Å². The normalized spacial score (nSPS) is 16.2. The monoisotopic (exact) mass is 516 g/mol. The Kier molecular flexibility index (Phi) is 7.02. The van der Waals surface area contributed by atoms with E-state index in [4.69, 9.17) is 14.9 Å². The number of nitrogens with zero attached hydrogens (tertiary/aromatic N) is 3. The first kappa shape index (κ1) is 24.0. The Morgan fingerprint density at radius 2 is 1.86 bits per heavy atom. The van der Waals surface area contributed by atoms with Crippen LogP contribution in [0.1, 0.15) is 28.0 Å². The van der Waals surface area contributed by atoms with Crippen LogP contribution in [-0.4, -0.2) is 40.2 Å². The van der Waals surface area contributed by atoms with Crippen LogP contribution in [0.3, 0.4) is 0 Å². The van der Waals surface area contributed by atoms with E-state index in [2.05, 4.69) is 23.1 Å². The number of nitrogens with one attached hydrogen (secondary N) is 1. The number of ether oxygens (including phenoxy) is 2. The summed E-state index contributed by atoms with van der Waals surface area (Å²) in [6, 6.07) is 17.5. The predicted octanol–water partition coefficient (Wildman–Crippen LogP) is 5.88. The average Bonchev–Trinajstić information content (AvgIpc) is 3.54. The van der Waals surface area contributed by atoms with E-state index in [0.29, 0.717) is 18.4 Å². The van der Waals surface area contributed by atoms with E-state index >= 15 is 0 Å². The number of aliphatic imine (C=N–C) groups is 1. The van der Waals surface area contributed by atoms with Crippen molar-refractivity contribution in [2.24, 2.45) is 10.1 Å². The number of hydrogen-bond acceptors (Lipinski definition) is 7. The van der Waals surface area contributed by atoms with Crippen molar-refractivity contribution in [3.8, 4) is 11.5 Å². The minimum Gasteiger partial charge on any atom is -0.493 e. The van der Waals surface area contributed by atoms with Gasteiger partial charge in [-0.15, -0.1) is 11.3 Å². The summed E-state index contributed by atoms with van der Waals surface area (Å²) in [5.74, 6) is 1.21. The molecule has 1 N–H and O–H groups in total. The fraction of sp³-hybridized carbons (Fsp3) is 0.185. The number of amides is 1. The first-order chi connectivity index (χ1) is 17.5. The molecule has 2 aromatic carbocycles. The second-order valence-corrected chi connectivity index (χ2v) is 10.2. The summed E-state index contributed by atoms with van der Waals surface area (Å²) in [6.07, 6.45) is 2.42. The summed E-state index contributed by atoms with van der Waals surface area (Å²) in [4.78, 5) is 17.8. The molecular weight excluding hydrogens is 492 g/mol. The molecule has 9 heteroatoms. The standard InChI is InChI=1S/C27H24N4O3S2/c1-17-6-11-22(18(2)15-17)34-13-4-12-33-20-9-7-19(8-10-20)16-21-24(28)31-27(29-25(21)32)36-26(30-31)23-5-3-14-35-23/h3,5-11,14-16,28H,4,12-13H2,1-2H3/b21-16-,28-24?. The zero-order valence-corrected chi connectivity index (χ0v) is 21.5.